The van der Waals surface area contributed by atoms with Crippen molar-refractivity contribution in [1.29, 1.82) is 0 Å². The molecule has 0 aromatic rings. The van der Waals surface area contributed by atoms with E-state index in [1.54, 1.807) is 0 Å². The summed E-state index contributed by atoms with van der Waals surface area (Å²) in [6.45, 7) is 6.53. The Morgan fingerprint density at radius 3 is 0.937 bits per heavy atom. The minimum atomic E-state index is -0.790. The van der Waals surface area contributed by atoms with E-state index in [2.05, 4.69) is 93.7 Å². The molecule has 0 aliphatic rings. The molecule has 6 heteroatoms. The molecule has 0 saturated carbocycles. The summed E-state index contributed by atoms with van der Waals surface area (Å²) in [5.41, 5.74) is 0. The van der Waals surface area contributed by atoms with Gasteiger partial charge in [0.15, 0.2) is 6.10 Å². The molecule has 0 bridgehead atoms. The van der Waals surface area contributed by atoms with Gasteiger partial charge in [-0.15, -0.1) is 0 Å². The fourth-order valence-electron chi connectivity index (χ4n) is 7.16. The maximum absolute atomic E-state index is 12.8. The lowest BCUT2D eigenvalue weighted by molar-refractivity contribution is -0.167. The van der Waals surface area contributed by atoms with Gasteiger partial charge in [-0.05, 0) is 96.3 Å². The molecule has 0 heterocycles. The van der Waals surface area contributed by atoms with E-state index in [0.29, 0.717) is 19.3 Å². The third-order valence-electron chi connectivity index (χ3n) is 11.2. The monoisotopic (exact) mass is 879 g/mol. The minimum absolute atomic E-state index is 0.0880. The number of rotatable bonds is 47. The van der Waals surface area contributed by atoms with Crippen molar-refractivity contribution in [1.82, 2.24) is 0 Å². The molecule has 0 saturated heterocycles. The van der Waals surface area contributed by atoms with Crippen molar-refractivity contribution in [2.24, 2.45) is 0 Å². The Bertz CT molecular complexity index is 1190. The van der Waals surface area contributed by atoms with E-state index < -0.39 is 6.10 Å². The van der Waals surface area contributed by atoms with E-state index in [1.807, 2.05) is 0 Å². The zero-order chi connectivity index (χ0) is 45.8. The van der Waals surface area contributed by atoms with Crippen molar-refractivity contribution < 1.29 is 28.6 Å². The molecule has 0 N–H and O–H groups in total. The molecule has 0 aromatic heterocycles. The van der Waals surface area contributed by atoms with E-state index in [4.69, 9.17) is 14.2 Å². The van der Waals surface area contributed by atoms with E-state index in [1.165, 1.54) is 116 Å². The quantitative estimate of drug-likeness (QED) is 0.0262. The van der Waals surface area contributed by atoms with Crippen LogP contribution in [0.4, 0.5) is 0 Å². The van der Waals surface area contributed by atoms with Crippen molar-refractivity contribution in [3.63, 3.8) is 0 Å². The topological polar surface area (TPSA) is 78.9 Å². The van der Waals surface area contributed by atoms with Crippen LogP contribution in [0.2, 0.25) is 0 Å². The van der Waals surface area contributed by atoms with Gasteiger partial charge in [0, 0.05) is 19.3 Å². The largest absolute Gasteiger partial charge is 0.462 e. The van der Waals surface area contributed by atoms with E-state index in [0.717, 1.165) is 96.3 Å². The van der Waals surface area contributed by atoms with Crippen LogP contribution in [0.5, 0.6) is 0 Å². The molecule has 63 heavy (non-hydrogen) atoms. The molecular formula is C57H98O6. The number of carbonyl (C=O) groups excluding carboxylic acids is 3. The van der Waals surface area contributed by atoms with Gasteiger partial charge < -0.3 is 14.2 Å². The fraction of sp³-hybridized carbons (Fsp3) is 0.737. The lowest BCUT2D eigenvalue weighted by Gasteiger charge is -2.18. The van der Waals surface area contributed by atoms with Gasteiger partial charge in [0.1, 0.15) is 13.2 Å². The first-order valence-corrected chi connectivity index (χ1v) is 26.4. The third-order valence-corrected chi connectivity index (χ3v) is 11.2. The zero-order valence-electron chi connectivity index (χ0n) is 41.3. The summed E-state index contributed by atoms with van der Waals surface area (Å²) in [6.07, 6.45) is 64.6. The van der Waals surface area contributed by atoms with Crippen LogP contribution < -0.4 is 0 Å². The second kappa shape index (κ2) is 51.5. The van der Waals surface area contributed by atoms with Gasteiger partial charge in [-0.25, -0.2) is 0 Å². The van der Waals surface area contributed by atoms with Crippen LogP contribution in [0.3, 0.4) is 0 Å². The highest BCUT2D eigenvalue weighted by Crippen LogP contribution is 2.14. The average Bonchev–Trinajstić information content (AvgIpc) is 3.28. The second-order valence-corrected chi connectivity index (χ2v) is 17.4. The summed E-state index contributed by atoms with van der Waals surface area (Å²) in [5.74, 6) is -0.928. The third kappa shape index (κ3) is 49.7. The lowest BCUT2D eigenvalue weighted by atomic mass is 10.1. The average molecular weight is 879 g/mol. The summed E-state index contributed by atoms with van der Waals surface area (Å²) in [4.78, 5) is 37.9. The van der Waals surface area contributed by atoms with Gasteiger partial charge in [0.25, 0.3) is 0 Å². The molecule has 0 aromatic carbocycles. The SMILES string of the molecule is CCCCC/C=C\C/C=C\C/C=C\C/C=C\CCCCCC(=O)OC[C@@H](COC(=O)CCCCCCCCCCC)OC(=O)CCCCCCCCC/C=C\C/C=C\CCCCC. The van der Waals surface area contributed by atoms with Crippen molar-refractivity contribution >= 4 is 17.9 Å². The number of ether oxygens (including phenoxy) is 3. The first-order valence-electron chi connectivity index (χ1n) is 26.4. The van der Waals surface area contributed by atoms with Gasteiger partial charge in [0.2, 0.25) is 0 Å². The Morgan fingerprint density at radius 2 is 0.571 bits per heavy atom. The van der Waals surface area contributed by atoms with E-state index >= 15 is 0 Å². The number of esters is 3. The van der Waals surface area contributed by atoms with Crippen LogP contribution in [0.15, 0.2) is 72.9 Å². The highest BCUT2D eigenvalue weighted by atomic mass is 16.6. The molecule has 0 spiro atoms. The summed E-state index contributed by atoms with van der Waals surface area (Å²) in [5, 5.41) is 0. The molecule has 0 radical (unpaired) electrons. The Morgan fingerprint density at radius 1 is 0.317 bits per heavy atom. The van der Waals surface area contributed by atoms with Gasteiger partial charge in [-0.1, -0.05) is 209 Å². The van der Waals surface area contributed by atoms with Crippen molar-refractivity contribution in [3.8, 4) is 0 Å². The van der Waals surface area contributed by atoms with Gasteiger partial charge in [0.05, 0.1) is 0 Å². The summed E-state index contributed by atoms with van der Waals surface area (Å²) >= 11 is 0. The maximum atomic E-state index is 12.8. The van der Waals surface area contributed by atoms with Gasteiger partial charge >= 0.3 is 17.9 Å². The van der Waals surface area contributed by atoms with Crippen molar-refractivity contribution in [2.75, 3.05) is 13.2 Å². The van der Waals surface area contributed by atoms with Crippen molar-refractivity contribution in [3.05, 3.63) is 72.9 Å². The smallest absolute Gasteiger partial charge is 0.306 e. The summed E-state index contributed by atoms with van der Waals surface area (Å²) in [7, 11) is 0. The van der Waals surface area contributed by atoms with E-state index in [-0.39, 0.29) is 31.1 Å². The first-order chi connectivity index (χ1) is 31.0. The first kappa shape index (κ1) is 59.9. The predicted molar refractivity (Wildman–Crippen MR) is 270 cm³/mol. The molecule has 0 aliphatic carbocycles. The Kier molecular flexibility index (Phi) is 48.9. The molecule has 0 rings (SSSR count). The zero-order valence-corrected chi connectivity index (χ0v) is 41.3. The normalized spacial score (nSPS) is 12.6. The Labute approximate surface area is 389 Å². The molecular weight excluding hydrogens is 781 g/mol. The van der Waals surface area contributed by atoms with Crippen LogP contribution in [0, 0.1) is 0 Å². The molecule has 6 nitrogen and oxygen atoms in total. The molecule has 0 amide bonds. The molecule has 1 atom stereocenters. The van der Waals surface area contributed by atoms with Crippen LogP contribution in [-0.2, 0) is 28.6 Å². The Balaban J connectivity index is 4.39. The predicted octanol–water partition coefficient (Wildman–Crippen LogP) is 17.4. The standard InChI is InChI=1S/C57H98O6/c1-4-7-10-13-16-19-21-23-25-27-28-30-31-33-35-38-41-44-47-50-56(59)62-53-54(52-61-55(58)49-46-43-40-37-18-15-12-9-6-3)63-57(60)51-48-45-42-39-36-34-32-29-26-24-22-20-17-14-11-8-5-2/h16-17,19-20,23-26,28,30,33,35,54H,4-15,18,21-22,27,29,31-32,34,36-53H2,1-3H3/b19-16-,20-17-,25-23-,26-24-,30-28-,35-33-/t54-/m1/s1. The van der Waals surface area contributed by atoms with Crippen LogP contribution >= 0.6 is 0 Å². The molecule has 362 valence electrons. The highest BCUT2D eigenvalue weighted by molar-refractivity contribution is 5.71. The molecule has 0 fully saturated rings. The summed E-state index contributed by atoms with van der Waals surface area (Å²) < 4.78 is 16.8. The van der Waals surface area contributed by atoms with E-state index in [9.17, 15) is 14.4 Å². The molecule has 0 aliphatic heterocycles. The molecule has 0 unspecified atom stereocenters. The Hall–Kier alpha value is -3.15. The fourth-order valence-corrected chi connectivity index (χ4v) is 7.16. The van der Waals surface area contributed by atoms with Crippen LogP contribution in [0.1, 0.15) is 252 Å². The highest BCUT2D eigenvalue weighted by Gasteiger charge is 2.19. The van der Waals surface area contributed by atoms with Crippen LogP contribution in [0.25, 0.3) is 0 Å². The number of allylic oxidation sites excluding steroid dienone is 12. The minimum Gasteiger partial charge on any atom is -0.462 e. The lowest BCUT2D eigenvalue weighted by Crippen LogP contribution is -2.30. The number of hydrogen-bond acceptors (Lipinski definition) is 6. The van der Waals surface area contributed by atoms with Gasteiger partial charge in [-0.2, -0.15) is 0 Å². The second-order valence-electron chi connectivity index (χ2n) is 17.4. The van der Waals surface area contributed by atoms with Crippen molar-refractivity contribution in [2.45, 2.75) is 258 Å². The van der Waals surface area contributed by atoms with Gasteiger partial charge in [-0.3, -0.25) is 14.4 Å². The maximum Gasteiger partial charge on any atom is 0.306 e. The van der Waals surface area contributed by atoms with Crippen LogP contribution in [-0.4, -0.2) is 37.2 Å². The summed E-state index contributed by atoms with van der Waals surface area (Å²) in [6, 6.07) is 0. The number of hydrogen-bond donors (Lipinski definition) is 0. The number of unbranched alkanes of at least 4 members (excludes halogenated alkanes) is 24. The number of carbonyl (C=O) groups is 3.